The number of hydrogen-bond donors (Lipinski definition) is 2. The van der Waals surface area contributed by atoms with Crippen molar-refractivity contribution in [2.75, 3.05) is 38.8 Å². The first-order chi connectivity index (χ1) is 9.61. The quantitative estimate of drug-likeness (QED) is 0.561. The van der Waals surface area contributed by atoms with Crippen LogP contribution in [0.2, 0.25) is 0 Å². The minimum Gasteiger partial charge on any atom is -0.465 e. The maximum atomic E-state index is 13.7. The monoisotopic (exact) mass is 289 g/mol. The Labute approximate surface area is 115 Å². The zero-order valence-corrected chi connectivity index (χ0v) is 11.1. The summed E-state index contributed by atoms with van der Waals surface area (Å²) in [5.41, 5.74) is -0.473. The number of halogens is 2. The van der Waals surface area contributed by atoms with Crippen LogP contribution in [0, 0.1) is 11.6 Å². The van der Waals surface area contributed by atoms with E-state index in [-0.39, 0.29) is 18.9 Å². The second-order valence-corrected chi connectivity index (χ2v) is 3.90. The van der Waals surface area contributed by atoms with Gasteiger partial charge in [0.05, 0.1) is 31.6 Å². The van der Waals surface area contributed by atoms with Crippen LogP contribution >= 0.6 is 0 Å². The van der Waals surface area contributed by atoms with Gasteiger partial charge in [0.1, 0.15) is 0 Å². The first-order valence-electron chi connectivity index (χ1n) is 6.10. The van der Waals surface area contributed by atoms with Gasteiger partial charge >= 0.3 is 5.97 Å². The molecule has 5 nitrogen and oxygen atoms in total. The highest BCUT2D eigenvalue weighted by atomic mass is 19.2. The molecule has 0 heterocycles. The molecule has 20 heavy (non-hydrogen) atoms. The third-order valence-corrected chi connectivity index (χ3v) is 2.50. The number of aliphatic hydroxyl groups is 1. The summed E-state index contributed by atoms with van der Waals surface area (Å²) in [5.74, 6) is -3.28. The molecular weight excluding hydrogens is 272 g/mol. The lowest BCUT2D eigenvalue weighted by atomic mass is 10.2. The third kappa shape index (κ3) is 4.43. The minimum absolute atomic E-state index is 0.0303. The summed E-state index contributed by atoms with van der Waals surface area (Å²) in [4.78, 5) is 11.2. The number of ether oxygens (including phenoxy) is 2. The number of methoxy groups -OCH3 is 1. The fraction of sp³-hybridized carbons (Fsp3) is 0.462. The molecular formula is C13H17F2NO4. The second kappa shape index (κ2) is 8.44. The molecule has 0 aromatic heterocycles. The SMILES string of the molecule is COC(=O)c1ccc(NCCCOCCO)c(F)c1F. The van der Waals surface area contributed by atoms with E-state index in [2.05, 4.69) is 10.1 Å². The number of aliphatic hydroxyl groups excluding tert-OH is 1. The van der Waals surface area contributed by atoms with E-state index in [0.717, 1.165) is 13.2 Å². The van der Waals surface area contributed by atoms with Gasteiger partial charge in [-0.25, -0.2) is 13.6 Å². The van der Waals surface area contributed by atoms with Crippen LogP contribution in [0.3, 0.4) is 0 Å². The molecule has 0 unspecified atom stereocenters. The Balaban J connectivity index is 2.55. The van der Waals surface area contributed by atoms with E-state index in [1.54, 1.807) is 0 Å². The molecule has 1 rings (SSSR count). The molecule has 0 saturated carbocycles. The van der Waals surface area contributed by atoms with Crippen molar-refractivity contribution in [1.29, 1.82) is 0 Å². The highest BCUT2D eigenvalue weighted by Crippen LogP contribution is 2.21. The average molecular weight is 289 g/mol. The van der Waals surface area contributed by atoms with E-state index in [9.17, 15) is 13.6 Å². The summed E-state index contributed by atoms with van der Waals surface area (Å²) in [6, 6.07) is 2.44. The van der Waals surface area contributed by atoms with Gasteiger partial charge in [0.15, 0.2) is 11.6 Å². The number of carbonyl (C=O) groups excluding carboxylic acids is 1. The van der Waals surface area contributed by atoms with Crippen molar-refractivity contribution in [1.82, 2.24) is 0 Å². The molecule has 0 amide bonds. The van der Waals surface area contributed by atoms with Gasteiger partial charge in [-0.15, -0.1) is 0 Å². The molecule has 0 bridgehead atoms. The lowest BCUT2D eigenvalue weighted by molar-refractivity contribution is 0.0594. The van der Waals surface area contributed by atoms with E-state index in [0.29, 0.717) is 19.6 Å². The predicted octanol–water partition coefficient (Wildman–Crippen LogP) is 1.56. The standard InChI is InChI=1S/C13H17F2NO4/c1-19-13(18)9-3-4-10(12(15)11(9)14)16-5-2-7-20-8-6-17/h3-4,16-17H,2,5-8H2,1H3. The van der Waals surface area contributed by atoms with Crippen molar-refractivity contribution >= 4 is 11.7 Å². The molecule has 1 aromatic carbocycles. The molecule has 0 radical (unpaired) electrons. The molecule has 0 spiro atoms. The summed E-state index contributed by atoms with van der Waals surface area (Å²) in [5, 5.41) is 11.2. The maximum absolute atomic E-state index is 13.7. The zero-order valence-electron chi connectivity index (χ0n) is 11.1. The van der Waals surface area contributed by atoms with E-state index >= 15 is 0 Å². The van der Waals surface area contributed by atoms with Gasteiger partial charge in [0, 0.05) is 13.2 Å². The van der Waals surface area contributed by atoms with E-state index in [1.807, 2.05) is 0 Å². The van der Waals surface area contributed by atoms with Gasteiger partial charge in [0.2, 0.25) is 0 Å². The van der Waals surface area contributed by atoms with Crippen molar-refractivity contribution < 1.29 is 28.2 Å². The smallest absolute Gasteiger partial charge is 0.340 e. The van der Waals surface area contributed by atoms with Gasteiger partial charge in [-0.1, -0.05) is 0 Å². The van der Waals surface area contributed by atoms with Gasteiger partial charge < -0.3 is 19.9 Å². The number of esters is 1. The van der Waals surface area contributed by atoms with Crippen molar-refractivity contribution in [3.05, 3.63) is 29.3 Å². The Morgan fingerprint density at radius 2 is 2.05 bits per heavy atom. The molecule has 7 heteroatoms. The van der Waals surface area contributed by atoms with Crippen molar-refractivity contribution in [3.63, 3.8) is 0 Å². The van der Waals surface area contributed by atoms with Crippen LogP contribution in [-0.4, -0.2) is 44.6 Å². The highest BCUT2D eigenvalue weighted by Gasteiger charge is 2.18. The first kappa shape index (κ1) is 16.3. The summed E-state index contributed by atoms with van der Waals surface area (Å²) in [6.45, 7) is 0.969. The van der Waals surface area contributed by atoms with E-state index < -0.39 is 23.2 Å². The van der Waals surface area contributed by atoms with Gasteiger partial charge in [-0.2, -0.15) is 0 Å². The van der Waals surface area contributed by atoms with E-state index in [1.165, 1.54) is 6.07 Å². The van der Waals surface area contributed by atoms with Crippen molar-refractivity contribution in [2.24, 2.45) is 0 Å². The number of nitrogens with one attached hydrogen (secondary N) is 1. The number of anilines is 1. The Morgan fingerprint density at radius 1 is 1.30 bits per heavy atom. The molecule has 0 aliphatic rings. The summed E-state index contributed by atoms with van der Waals surface area (Å²) in [6.07, 6.45) is 0.569. The average Bonchev–Trinajstić information content (AvgIpc) is 2.46. The number of rotatable bonds is 8. The molecule has 0 saturated heterocycles. The predicted molar refractivity (Wildman–Crippen MR) is 68.7 cm³/mol. The van der Waals surface area contributed by atoms with Gasteiger partial charge in [0.25, 0.3) is 0 Å². The molecule has 112 valence electrons. The Bertz CT molecular complexity index is 454. The van der Waals surface area contributed by atoms with Crippen LogP contribution in [0.15, 0.2) is 12.1 Å². The topological polar surface area (TPSA) is 67.8 Å². The van der Waals surface area contributed by atoms with Gasteiger partial charge in [-0.05, 0) is 18.6 Å². The number of hydrogen-bond acceptors (Lipinski definition) is 5. The summed E-state index contributed by atoms with van der Waals surface area (Å²) < 4.78 is 36.7. The van der Waals surface area contributed by atoms with Crippen LogP contribution in [0.4, 0.5) is 14.5 Å². The fourth-order valence-electron chi connectivity index (χ4n) is 1.52. The number of benzene rings is 1. The largest absolute Gasteiger partial charge is 0.465 e. The zero-order chi connectivity index (χ0) is 15.0. The molecule has 0 aliphatic heterocycles. The Hall–Kier alpha value is -1.73. The minimum atomic E-state index is -1.24. The number of carbonyl (C=O) groups is 1. The van der Waals surface area contributed by atoms with Crippen LogP contribution in [0.1, 0.15) is 16.8 Å². The van der Waals surface area contributed by atoms with Gasteiger partial charge in [-0.3, -0.25) is 0 Å². The summed E-state index contributed by atoms with van der Waals surface area (Å²) >= 11 is 0. The second-order valence-electron chi connectivity index (χ2n) is 3.90. The molecule has 0 atom stereocenters. The molecule has 0 aliphatic carbocycles. The lowest BCUT2D eigenvalue weighted by Crippen LogP contribution is -2.11. The van der Waals surface area contributed by atoms with Crippen molar-refractivity contribution in [2.45, 2.75) is 6.42 Å². The highest BCUT2D eigenvalue weighted by molar-refractivity contribution is 5.90. The third-order valence-electron chi connectivity index (χ3n) is 2.50. The first-order valence-corrected chi connectivity index (χ1v) is 6.10. The normalized spacial score (nSPS) is 10.4. The molecule has 0 fully saturated rings. The van der Waals surface area contributed by atoms with Crippen LogP contribution in [0.25, 0.3) is 0 Å². The fourth-order valence-corrected chi connectivity index (χ4v) is 1.52. The lowest BCUT2D eigenvalue weighted by Gasteiger charge is -2.10. The van der Waals surface area contributed by atoms with Crippen LogP contribution in [-0.2, 0) is 9.47 Å². The van der Waals surface area contributed by atoms with Crippen molar-refractivity contribution in [3.8, 4) is 0 Å². The Morgan fingerprint density at radius 3 is 2.70 bits per heavy atom. The van der Waals surface area contributed by atoms with E-state index in [4.69, 9.17) is 9.84 Å². The van der Waals surface area contributed by atoms with Crippen LogP contribution in [0.5, 0.6) is 0 Å². The molecule has 1 aromatic rings. The molecule has 2 N–H and O–H groups in total. The summed E-state index contributed by atoms with van der Waals surface area (Å²) in [7, 11) is 1.10. The Kier molecular flexibility index (Phi) is 6.89. The maximum Gasteiger partial charge on any atom is 0.340 e. The van der Waals surface area contributed by atoms with Crippen LogP contribution < -0.4 is 5.32 Å².